The maximum absolute atomic E-state index is 12.5. The zero-order valence-electron chi connectivity index (χ0n) is 13.2. The van der Waals surface area contributed by atoms with E-state index in [2.05, 4.69) is 15.6 Å². The molecule has 0 unspecified atom stereocenters. The van der Waals surface area contributed by atoms with Crippen LogP contribution in [-0.2, 0) is 24.8 Å². The zero-order valence-corrected chi connectivity index (χ0v) is 13.2. The van der Waals surface area contributed by atoms with Crippen LogP contribution in [0.5, 0.6) is 0 Å². The van der Waals surface area contributed by atoms with Gasteiger partial charge in [0.2, 0.25) is 0 Å². The summed E-state index contributed by atoms with van der Waals surface area (Å²) in [5.74, 6) is -0.153. The predicted octanol–water partition coefficient (Wildman–Crippen LogP) is 1.67. The average molecular weight is 304 g/mol. The molecular formula is C15H20N4O3. The van der Waals surface area contributed by atoms with E-state index in [0.717, 1.165) is 22.5 Å². The summed E-state index contributed by atoms with van der Waals surface area (Å²) in [5, 5.41) is 11.2. The molecule has 0 bridgehead atoms. The van der Waals surface area contributed by atoms with Gasteiger partial charge < -0.3 is 14.6 Å². The van der Waals surface area contributed by atoms with Gasteiger partial charge in [-0.3, -0.25) is 9.48 Å². The standard InChI is InChI=1S/C15H20N4O3/c1-8-7-21-18-12(8)6-16-15(20)14-11-5-9(2)22-10(3)13(11)17-19(14)4/h7,9-10H,5-6H2,1-4H3,(H,16,20)/t9-,10+/m1/s1. The highest BCUT2D eigenvalue weighted by atomic mass is 16.5. The molecule has 0 fully saturated rings. The van der Waals surface area contributed by atoms with Crippen molar-refractivity contribution in [2.75, 3.05) is 0 Å². The summed E-state index contributed by atoms with van der Waals surface area (Å²) in [6.07, 6.45) is 2.24. The quantitative estimate of drug-likeness (QED) is 0.932. The molecule has 1 aliphatic rings. The molecule has 2 atom stereocenters. The SMILES string of the molecule is Cc1conc1CNC(=O)c1c2c(nn1C)[C@H](C)O[C@H](C)C2. The van der Waals surface area contributed by atoms with Crippen molar-refractivity contribution < 1.29 is 14.1 Å². The minimum atomic E-state index is -0.153. The first-order valence-corrected chi connectivity index (χ1v) is 7.36. The lowest BCUT2D eigenvalue weighted by Crippen LogP contribution is -2.28. The Morgan fingerprint density at radius 2 is 2.27 bits per heavy atom. The van der Waals surface area contributed by atoms with Crippen LogP contribution in [0, 0.1) is 6.92 Å². The second-order valence-corrected chi connectivity index (χ2v) is 5.76. The molecule has 1 aliphatic heterocycles. The van der Waals surface area contributed by atoms with E-state index in [1.165, 1.54) is 0 Å². The van der Waals surface area contributed by atoms with Crippen molar-refractivity contribution in [2.24, 2.45) is 7.05 Å². The van der Waals surface area contributed by atoms with Crippen molar-refractivity contribution in [3.05, 3.63) is 34.5 Å². The van der Waals surface area contributed by atoms with Gasteiger partial charge in [0.25, 0.3) is 5.91 Å². The third-order valence-corrected chi connectivity index (χ3v) is 3.97. The molecule has 0 saturated carbocycles. The summed E-state index contributed by atoms with van der Waals surface area (Å²) in [5.41, 5.74) is 4.07. The third kappa shape index (κ3) is 2.52. The Balaban J connectivity index is 1.82. The molecule has 1 N–H and O–H groups in total. The first-order chi connectivity index (χ1) is 10.5. The fourth-order valence-electron chi connectivity index (χ4n) is 2.88. The van der Waals surface area contributed by atoms with Crippen molar-refractivity contribution in [2.45, 2.75) is 45.9 Å². The number of nitrogens with zero attached hydrogens (tertiary/aromatic N) is 3. The van der Waals surface area contributed by atoms with E-state index >= 15 is 0 Å². The fraction of sp³-hybridized carbons (Fsp3) is 0.533. The first-order valence-electron chi connectivity index (χ1n) is 7.36. The van der Waals surface area contributed by atoms with Gasteiger partial charge in [0.1, 0.15) is 17.7 Å². The van der Waals surface area contributed by atoms with Crippen LogP contribution in [0.25, 0.3) is 0 Å². The molecule has 118 valence electrons. The van der Waals surface area contributed by atoms with Gasteiger partial charge in [0.15, 0.2) is 0 Å². The molecule has 0 radical (unpaired) electrons. The number of aromatic nitrogens is 3. The van der Waals surface area contributed by atoms with Crippen LogP contribution in [0.4, 0.5) is 0 Å². The van der Waals surface area contributed by atoms with Crippen LogP contribution in [0.2, 0.25) is 0 Å². The lowest BCUT2D eigenvalue weighted by Gasteiger charge is -2.24. The monoisotopic (exact) mass is 304 g/mol. The van der Waals surface area contributed by atoms with Crippen LogP contribution in [0.3, 0.4) is 0 Å². The van der Waals surface area contributed by atoms with E-state index in [1.54, 1.807) is 18.0 Å². The molecule has 7 heteroatoms. The largest absolute Gasteiger partial charge is 0.369 e. The summed E-state index contributed by atoms with van der Waals surface area (Å²) >= 11 is 0. The number of amides is 1. The Hall–Kier alpha value is -2.15. The number of carbonyl (C=O) groups is 1. The normalized spacial score (nSPS) is 20.7. The van der Waals surface area contributed by atoms with Crippen molar-refractivity contribution in [1.29, 1.82) is 0 Å². The summed E-state index contributed by atoms with van der Waals surface area (Å²) in [6, 6.07) is 0. The topological polar surface area (TPSA) is 82.2 Å². The number of nitrogens with one attached hydrogen (secondary N) is 1. The number of ether oxygens (including phenoxy) is 1. The summed E-state index contributed by atoms with van der Waals surface area (Å²) in [7, 11) is 1.78. The molecule has 0 aliphatic carbocycles. The smallest absolute Gasteiger partial charge is 0.270 e. The molecule has 0 saturated heterocycles. The number of fused-ring (bicyclic) bond motifs is 1. The van der Waals surface area contributed by atoms with E-state index in [-0.39, 0.29) is 18.1 Å². The second kappa shape index (κ2) is 5.57. The number of carbonyl (C=O) groups excluding carboxylic acids is 1. The Morgan fingerprint density at radius 3 is 2.95 bits per heavy atom. The van der Waals surface area contributed by atoms with Gasteiger partial charge >= 0.3 is 0 Å². The summed E-state index contributed by atoms with van der Waals surface area (Å²) in [4.78, 5) is 12.5. The Labute approximate surface area is 128 Å². The first kappa shape index (κ1) is 14.8. The van der Waals surface area contributed by atoms with Crippen molar-refractivity contribution in [3.8, 4) is 0 Å². The van der Waals surface area contributed by atoms with E-state index in [4.69, 9.17) is 9.26 Å². The van der Waals surface area contributed by atoms with Gasteiger partial charge in [-0.15, -0.1) is 0 Å². The molecule has 0 spiro atoms. The molecule has 22 heavy (non-hydrogen) atoms. The predicted molar refractivity (Wildman–Crippen MR) is 78.3 cm³/mol. The fourth-order valence-corrected chi connectivity index (χ4v) is 2.88. The average Bonchev–Trinajstić information content (AvgIpc) is 2.99. The lowest BCUT2D eigenvalue weighted by molar-refractivity contribution is -0.00710. The Morgan fingerprint density at radius 1 is 1.50 bits per heavy atom. The number of aryl methyl sites for hydroxylation is 2. The number of rotatable bonds is 3. The van der Waals surface area contributed by atoms with Crippen LogP contribution in [0.15, 0.2) is 10.8 Å². The minimum absolute atomic E-state index is 0.0797. The highest BCUT2D eigenvalue weighted by Crippen LogP contribution is 2.31. The molecule has 0 aromatic carbocycles. The maximum Gasteiger partial charge on any atom is 0.270 e. The molecule has 3 rings (SSSR count). The Bertz CT molecular complexity index is 704. The molecule has 7 nitrogen and oxygen atoms in total. The number of hydrogen-bond donors (Lipinski definition) is 1. The molecule has 3 heterocycles. The Kier molecular flexibility index (Phi) is 3.74. The molecule has 2 aromatic heterocycles. The third-order valence-electron chi connectivity index (χ3n) is 3.97. The van der Waals surface area contributed by atoms with Crippen LogP contribution in [0.1, 0.15) is 53.0 Å². The van der Waals surface area contributed by atoms with Gasteiger partial charge in [-0.25, -0.2) is 0 Å². The van der Waals surface area contributed by atoms with Crippen molar-refractivity contribution in [3.63, 3.8) is 0 Å². The van der Waals surface area contributed by atoms with E-state index < -0.39 is 0 Å². The summed E-state index contributed by atoms with van der Waals surface area (Å²) < 4.78 is 12.3. The van der Waals surface area contributed by atoms with Gasteiger partial charge in [-0.2, -0.15) is 5.10 Å². The highest BCUT2D eigenvalue weighted by Gasteiger charge is 2.31. The minimum Gasteiger partial charge on any atom is -0.369 e. The van der Waals surface area contributed by atoms with Gasteiger partial charge in [0, 0.05) is 24.6 Å². The number of hydrogen-bond acceptors (Lipinski definition) is 5. The second-order valence-electron chi connectivity index (χ2n) is 5.76. The van der Waals surface area contributed by atoms with E-state index in [9.17, 15) is 4.79 Å². The van der Waals surface area contributed by atoms with Gasteiger partial charge in [0.05, 0.1) is 24.4 Å². The maximum atomic E-state index is 12.5. The van der Waals surface area contributed by atoms with E-state index in [0.29, 0.717) is 18.7 Å². The molecule has 2 aromatic rings. The molecule has 1 amide bonds. The summed E-state index contributed by atoms with van der Waals surface area (Å²) in [6.45, 7) is 6.20. The van der Waals surface area contributed by atoms with Crippen molar-refractivity contribution >= 4 is 5.91 Å². The lowest BCUT2D eigenvalue weighted by atomic mass is 9.99. The van der Waals surface area contributed by atoms with Crippen LogP contribution >= 0.6 is 0 Å². The highest BCUT2D eigenvalue weighted by molar-refractivity contribution is 5.94. The van der Waals surface area contributed by atoms with Gasteiger partial charge in [-0.1, -0.05) is 5.16 Å². The van der Waals surface area contributed by atoms with Crippen LogP contribution in [-0.4, -0.2) is 26.9 Å². The molecular weight excluding hydrogens is 284 g/mol. The van der Waals surface area contributed by atoms with E-state index in [1.807, 2.05) is 20.8 Å². The van der Waals surface area contributed by atoms with Gasteiger partial charge in [-0.05, 0) is 20.8 Å². The zero-order chi connectivity index (χ0) is 15.9. The van der Waals surface area contributed by atoms with Crippen LogP contribution < -0.4 is 5.32 Å². The van der Waals surface area contributed by atoms with Crippen molar-refractivity contribution in [1.82, 2.24) is 20.3 Å².